The fourth-order valence-electron chi connectivity index (χ4n) is 3.95. The van der Waals surface area contributed by atoms with Crippen LogP contribution < -0.4 is 4.74 Å². The highest BCUT2D eigenvalue weighted by Crippen LogP contribution is 2.41. The van der Waals surface area contributed by atoms with Gasteiger partial charge in [-0.2, -0.15) is 4.31 Å². The third kappa shape index (κ3) is 3.95. The van der Waals surface area contributed by atoms with Gasteiger partial charge in [-0.15, -0.1) is 0 Å². The van der Waals surface area contributed by atoms with Crippen LogP contribution in [0.5, 0.6) is 5.75 Å². The maximum atomic E-state index is 11.9. The Balaban J connectivity index is 1.56. The second kappa shape index (κ2) is 8.77. The number of pyridine rings is 2. The molecule has 0 aliphatic carbocycles. The number of benzene rings is 1. The van der Waals surface area contributed by atoms with Crippen molar-refractivity contribution in [2.45, 2.75) is 0 Å². The molecule has 0 bridgehead atoms. The minimum Gasteiger partial charge on any atom is -0.490 e. The van der Waals surface area contributed by atoms with E-state index >= 15 is 0 Å². The van der Waals surface area contributed by atoms with Gasteiger partial charge in [0.05, 0.1) is 22.9 Å². The molecule has 0 aliphatic heterocycles. The second-order valence-corrected chi connectivity index (χ2v) is 9.79. The van der Waals surface area contributed by atoms with Crippen molar-refractivity contribution in [1.82, 2.24) is 24.2 Å². The van der Waals surface area contributed by atoms with E-state index in [0.29, 0.717) is 5.75 Å². The lowest BCUT2D eigenvalue weighted by Crippen LogP contribution is -2.29. The number of nitrogens with zero attached hydrogens (tertiary/aromatic N) is 3. The Bertz CT molecular complexity index is 1600. The number of ether oxygens (including phenoxy) is 1. The van der Waals surface area contributed by atoms with E-state index in [1.54, 1.807) is 18.6 Å². The number of likely N-dealkylation sites (N-methyl/N-ethyl adjacent to an activating group) is 1. The minimum absolute atomic E-state index is 0.157. The first-order valence-corrected chi connectivity index (χ1v) is 12.2. The first-order valence-electron chi connectivity index (χ1n) is 10.7. The number of hydrogen-bond acceptors (Lipinski definition) is 5. The second-order valence-electron chi connectivity index (χ2n) is 7.81. The van der Waals surface area contributed by atoms with E-state index in [0.717, 1.165) is 49.7 Å². The minimum atomic E-state index is -3.50. The fraction of sp³-hybridized carbons (Fsp3) is 0.120. The molecule has 0 radical (unpaired) electrons. The first-order chi connectivity index (χ1) is 16.5. The van der Waals surface area contributed by atoms with Crippen LogP contribution in [0.2, 0.25) is 0 Å². The summed E-state index contributed by atoms with van der Waals surface area (Å²) in [6, 6.07) is 14.0. The van der Waals surface area contributed by atoms with Gasteiger partial charge in [0.25, 0.3) is 0 Å². The number of fused-ring (bicyclic) bond motifs is 2. The Morgan fingerprint density at radius 2 is 2.03 bits per heavy atom. The average molecular weight is 474 g/mol. The van der Waals surface area contributed by atoms with Crippen LogP contribution in [-0.4, -0.2) is 52.9 Å². The third-order valence-electron chi connectivity index (χ3n) is 5.76. The number of nitrogens with one attached hydrogen (secondary N) is 2. The maximum Gasteiger partial charge on any atom is 0.235 e. The maximum absolute atomic E-state index is 11.9. The predicted molar refractivity (Wildman–Crippen MR) is 134 cm³/mol. The summed E-state index contributed by atoms with van der Waals surface area (Å²) in [5.74, 6) is 0.542. The highest BCUT2D eigenvalue weighted by Gasteiger charge is 2.20. The number of aromatic amines is 2. The molecular formula is C25H23N5O3S. The van der Waals surface area contributed by atoms with Crippen molar-refractivity contribution >= 4 is 32.0 Å². The number of sulfonamides is 1. The molecule has 5 rings (SSSR count). The summed E-state index contributed by atoms with van der Waals surface area (Å²) in [6.07, 6.45) is 7.03. The van der Waals surface area contributed by atoms with Crippen molar-refractivity contribution < 1.29 is 13.2 Å². The molecule has 34 heavy (non-hydrogen) atoms. The summed E-state index contributed by atoms with van der Waals surface area (Å²) in [7, 11) is -2.02. The average Bonchev–Trinajstić information content (AvgIpc) is 3.48. The molecule has 0 aliphatic rings. The lowest BCUT2D eigenvalue weighted by Gasteiger charge is -2.16. The number of H-pyrrole nitrogens is 2. The van der Waals surface area contributed by atoms with Crippen LogP contribution in [0.15, 0.2) is 79.2 Å². The topological polar surface area (TPSA) is 104 Å². The Morgan fingerprint density at radius 1 is 1.15 bits per heavy atom. The van der Waals surface area contributed by atoms with Gasteiger partial charge in [-0.3, -0.25) is 9.97 Å². The molecule has 4 heterocycles. The van der Waals surface area contributed by atoms with Gasteiger partial charge < -0.3 is 14.7 Å². The van der Waals surface area contributed by atoms with E-state index in [1.807, 2.05) is 30.5 Å². The van der Waals surface area contributed by atoms with Gasteiger partial charge in [0.2, 0.25) is 10.0 Å². The highest BCUT2D eigenvalue weighted by molar-refractivity contribution is 7.91. The molecule has 4 aromatic heterocycles. The van der Waals surface area contributed by atoms with Crippen LogP contribution in [0.4, 0.5) is 0 Å². The van der Waals surface area contributed by atoms with E-state index in [1.165, 1.54) is 11.4 Å². The molecule has 8 nitrogen and oxygen atoms in total. The van der Waals surface area contributed by atoms with E-state index < -0.39 is 10.0 Å². The molecule has 0 fully saturated rings. The van der Waals surface area contributed by atoms with Gasteiger partial charge in [0.15, 0.2) is 0 Å². The quantitative estimate of drug-likeness (QED) is 0.344. The molecular weight excluding hydrogens is 450 g/mol. The summed E-state index contributed by atoms with van der Waals surface area (Å²) >= 11 is 0. The molecule has 5 aromatic rings. The number of aromatic nitrogens is 4. The lowest BCUT2D eigenvalue weighted by molar-refractivity contribution is 0.288. The van der Waals surface area contributed by atoms with Crippen LogP contribution >= 0.6 is 0 Å². The van der Waals surface area contributed by atoms with Crippen molar-refractivity contribution in [1.29, 1.82) is 0 Å². The SMILES string of the molecule is C=CS(=O)(=O)N(C)CCOc1cnccc1-c1[nH]c2cccnc2c1-c1ccc2cc[nH]c2c1. The Hall–Kier alpha value is -3.95. The van der Waals surface area contributed by atoms with E-state index in [4.69, 9.17) is 4.74 Å². The molecule has 2 N–H and O–H groups in total. The van der Waals surface area contributed by atoms with Crippen molar-refractivity contribution in [2.24, 2.45) is 0 Å². The van der Waals surface area contributed by atoms with Crippen molar-refractivity contribution in [3.8, 4) is 28.1 Å². The molecule has 0 saturated heterocycles. The highest BCUT2D eigenvalue weighted by atomic mass is 32.2. The predicted octanol–water partition coefficient (Wildman–Crippen LogP) is 4.56. The lowest BCUT2D eigenvalue weighted by atomic mass is 9.99. The molecule has 1 aromatic carbocycles. The Morgan fingerprint density at radius 3 is 2.88 bits per heavy atom. The molecule has 0 spiro atoms. The van der Waals surface area contributed by atoms with Gasteiger partial charge >= 0.3 is 0 Å². The van der Waals surface area contributed by atoms with Crippen molar-refractivity contribution in [3.63, 3.8) is 0 Å². The van der Waals surface area contributed by atoms with Gasteiger partial charge in [0, 0.05) is 54.2 Å². The van der Waals surface area contributed by atoms with Crippen LogP contribution in [-0.2, 0) is 10.0 Å². The van der Waals surface area contributed by atoms with E-state index in [-0.39, 0.29) is 13.2 Å². The van der Waals surface area contributed by atoms with Gasteiger partial charge in [0.1, 0.15) is 12.4 Å². The fourth-order valence-corrected chi connectivity index (χ4v) is 4.53. The number of rotatable bonds is 8. The summed E-state index contributed by atoms with van der Waals surface area (Å²) in [6.45, 7) is 3.69. The van der Waals surface area contributed by atoms with Crippen molar-refractivity contribution in [3.05, 3.63) is 79.2 Å². The zero-order chi connectivity index (χ0) is 23.7. The zero-order valence-corrected chi connectivity index (χ0v) is 19.3. The van der Waals surface area contributed by atoms with Gasteiger partial charge in [-0.25, -0.2) is 8.42 Å². The van der Waals surface area contributed by atoms with Gasteiger partial charge in [-0.05, 0) is 41.3 Å². The van der Waals surface area contributed by atoms with E-state index in [2.05, 4.69) is 44.7 Å². The summed E-state index contributed by atoms with van der Waals surface area (Å²) in [4.78, 5) is 15.6. The molecule has 9 heteroatoms. The van der Waals surface area contributed by atoms with Crippen LogP contribution in [0.3, 0.4) is 0 Å². The molecule has 172 valence electrons. The monoisotopic (exact) mass is 473 g/mol. The summed E-state index contributed by atoms with van der Waals surface area (Å²) in [5, 5.41) is 2.05. The number of hydrogen-bond donors (Lipinski definition) is 2. The third-order valence-corrected chi connectivity index (χ3v) is 7.23. The van der Waals surface area contributed by atoms with Gasteiger partial charge in [-0.1, -0.05) is 18.7 Å². The normalized spacial score (nSPS) is 11.9. The molecule has 0 amide bonds. The van der Waals surface area contributed by atoms with Crippen LogP contribution in [0, 0.1) is 0 Å². The first kappa shape index (κ1) is 21.9. The molecule has 0 atom stereocenters. The van der Waals surface area contributed by atoms with Crippen LogP contribution in [0.25, 0.3) is 44.3 Å². The smallest absolute Gasteiger partial charge is 0.235 e. The summed E-state index contributed by atoms with van der Waals surface area (Å²) < 4.78 is 31.1. The Kier molecular flexibility index (Phi) is 5.64. The summed E-state index contributed by atoms with van der Waals surface area (Å²) in [5.41, 5.74) is 6.41. The standard InChI is InChI=1S/C25H23N5O3S/c1-3-34(31,32)30(2)13-14-33-22-16-26-11-9-19(22)24-23(25-20(29-24)5-4-10-28-25)18-7-6-17-8-12-27-21(17)15-18/h3-12,15-16,27,29H,1,13-14H2,2H3. The zero-order valence-electron chi connectivity index (χ0n) is 18.5. The van der Waals surface area contributed by atoms with E-state index in [9.17, 15) is 8.42 Å². The van der Waals surface area contributed by atoms with Crippen LogP contribution in [0.1, 0.15) is 0 Å². The molecule has 0 saturated carbocycles. The van der Waals surface area contributed by atoms with Crippen molar-refractivity contribution in [2.75, 3.05) is 20.2 Å². The Labute approximate surface area is 197 Å². The molecule has 0 unspecified atom stereocenters. The largest absolute Gasteiger partial charge is 0.490 e.